The standard InChI is InChI=1S/C21H25N3O2/c1-23(2)15-17-6-3-4-7-19(17)22-20(25)14-16-9-11-18(12-10-16)24-13-5-8-21(24)26/h3-4,6-7,9-12H,5,8,13-15H2,1-2H3,(H,22,25). The number of hydrogen-bond acceptors (Lipinski definition) is 3. The van der Waals surface area contributed by atoms with Gasteiger partial charge < -0.3 is 15.1 Å². The van der Waals surface area contributed by atoms with Crippen molar-refractivity contribution >= 4 is 23.2 Å². The van der Waals surface area contributed by atoms with Crippen LogP contribution in [0.25, 0.3) is 0 Å². The Morgan fingerprint density at radius 3 is 2.50 bits per heavy atom. The van der Waals surface area contributed by atoms with Crippen LogP contribution in [0.3, 0.4) is 0 Å². The van der Waals surface area contributed by atoms with Crippen molar-refractivity contribution in [3.05, 3.63) is 59.7 Å². The fourth-order valence-corrected chi connectivity index (χ4v) is 3.22. The van der Waals surface area contributed by atoms with Gasteiger partial charge in [0.25, 0.3) is 0 Å². The molecule has 0 aliphatic carbocycles. The van der Waals surface area contributed by atoms with E-state index in [1.54, 1.807) is 4.90 Å². The Bertz CT molecular complexity index is 784. The molecule has 1 fully saturated rings. The van der Waals surface area contributed by atoms with Gasteiger partial charge in [-0.15, -0.1) is 0 Å². The molecule has 5 heteroatoms. The molecule has 1 aliphatic heterocycles. The van der Waals surface area contributed by atoms with Crippen LogP contribution in [0, 0.1) is 0 Å². The first-order valence-corrected chi connectivity index (χ1v) is 8.95. The van der Waals surface area contributed by atoms with Gasteiger partial charge in [0.2, 0.25) is 11.8 Å². The minimum Gasteiger partial charge on any atom is -0.325 e. The summed E-state index contributed by atoms with van der Waals surface area (Å²) in [6.45, 7) is 1.55. The van der Waals surface area contributed by atoms with Crippen molar-refractivity contribution < 1.29 is 9.59 Å². The Kier molecular flexibility index (Phi) is 5.68. The SMILES string of the molecule is CN(C)Cc1ccccc1NC(=O)Cc1ccc(N2CCCC2=O)cc1. The highest BCUT2D eigenvalue weighted by molar-refractivity contribution is 5.95. The summed E-state index contributed by atoms with van der Waals surface area (Å²) in [5.41, 5.74) is 3.79. The second-order valence-electron chi connectivity index (χ2n) is 6.94. The van der Waals surface area contributed by atoms with Gasteiger partial charge in [-0.1, -0.05) is 30.3 Å². The highest BCUT2D eigenvalue weighted by Crippen LogP contribution is 2.22. The third kappa shape index (κ3) is 4.49. The maximum Gasteiger partial charge on any atom is 0.228 e. The molecule has 1 heterocycles. The van der Waals surface area contributed by atoms with Crippen LogP contribution in [0.4, 0.5) is 11.4 Å². The summed E-state index contributed by atoms with van der Waals surface area (Å²) in [6.07, 6.45) is 1.84. The number of rotatable bonds is 6. The van der Waals surface area contributed by atoms with Crippen LogP contribution >= 0.6 is 0 Å². The van der Waals surface area contributed by atoms with Gasteiger partial charge in [0.15, 0.2) is 0 Å². The lowest BCUT2D eigenvalue weighted by Crippen LogP contribution is -2.23. The van der Waals surface area contributed by atoms with E-state index < -0.39 is 0 Å². The van der Waals surface area contributed by atoms with Crippen LogP contribution in [-0.4, -0.2) is 37.4 Å². The van der Waals surface area contributed by atoms with Crippen molar-refractivity contribution in [1.29, 1.82) is 0 Å². The summed E-state index contributed by atoms with van der Waals surface area (Å²) in [7, 11) is 4.01. The number of anilines is 2. The molecule has 0 radical (unpaired) electrons. The average Bonchev–Trinajstić information content (AvgIpc) is 3.03. The molecular weight excluding hydrogens is 326 g/mol. The first kappa shape index (κ1) is 18.1. The first-order chi connectivity index (χ1) is 12.5. The molecule has 0 atom stereocenters. The Morgan fingerprint density at radius 1 is 1.12 bits per heavy atom. The van der Waals surface area contributed by atoms with Crippen molar-refractivity contribution in [2.75, 3.05) is 30.9 Å². The number of carbonyl (C=O) groups is 2. The first-order valence-electron chi connectivity index (χ1n) is 8.95. The molecule has 0 bridgehead atoms. The highest BCUT2D eigenvalue weighted by Gasteiger charge is 2.21. The molecule has 0 aromatic heterocycles. The summed E-state index contributed by atoms with van der Waals surface area (Å²) in [5, 5.41) is 3.01. The van der Waals surface area contributed by atoms with Crippen molar-refractivity contribution in [3.63, 3.8) is 0 Å². The van der Waals surface area contributed by atoms with E-state index in [4.69, 9.17) is 0 Å². The number of amides is 2. The lowest BCUT2D eigenvalue weighted by atomic mass is 10.1. The monoisotopic (exact) mass is 351 g/mol. The predicted molar refractivity (Wildman–Crippen MR) is 104 cm³/mol. The van der Waals surface area contributed by atoms with Gasteiger partial charge in [0.05, 0.1) is 6.42 Å². The van der Waals surface area contributed by atoms with E-state index in [9.17, 15) is 9.59 Å². The minimum atomic E-state index is -0.0406. The molecule has 1 N–H and O–H groups in total. The summed E-state index contributed by atoms with van der Waals surface area (Å²) in [6, 6.07) is 15.6. The van der Waals surface area contributed by atoms with Gasteiger partial charge >= 0.3 is 0 Å². The number of benzene rings is 2. The van der Waals surface area contributed by atoms with Crippen molar-refractivity contribution in [2.24, 2.45) is 0 Å². The number of para-hydroxylation sites is 1. The summed E-state index contributed by atoms with van der Waals surface area (Å²) in [4.78, 5) is 28.1. The van der Waals surface area contributed by atoms with Gasteiger partial charge in [-0.2, -0.15) is 0 Å². The van der Waals surface area contributed by atoms with Gasteiger partial charge in [-0.05, 0) is 49.8 Å². The quantitative estimate of drug-likeness (QED) is 0.870. The number of nitrogens with one attached hydrogen (secondary N) is 1. The Balaban J connectivity index is 1.63. The van der Waals surface area contributed by atoms with Crippen LogP contribution in [-0.2, 0) is 22.6 Å². The van der Waals surface area contributed by atoms with E-state index >= 15 is 0 Å². The van der Waals surface area contributed by atoms with Gasteiger partial charge in [0.1, 0.15) is 0 Å². The molecule has 136 valence electrons. The molecule has 5 nitrogen and oxygen atoms in total. The number of hydrogen-bond donors (Lipinski definition) is 1. The van der Waals surface area contributed by atoms with Crippen LogP contribution in [0.15, 0.2) is 48.5 Å². The third-order valence-corrected chi connectivity index (χ3v) is 4.46. The molecule has 26 heavy (non-hydrogen) atoms. The molecule has 3 rings (SSSR count). The predicted octanol–water partition coefficient (Wildman–Crippen LogP) is 3.06. The molecule has 0 spiro atoms. The molecule has 0 unspecified atom stereocenters. The van der Waals surface area contributed by atoms with E-state index in [0.717, 1.165) is 42.0 Å². The smallest absolute Gasteiger partial charge is 0.228 e. The zero-order chi connectivity index (χ0) is 18.5. The summed E-state index contributed by atoms with van der Waals surface area (Å²) >= 11 is 0. The van der Waals surface area contributed by atoms with Crippen LogP contribution < -0.4 is 10.2 Å². The largest absolute Gasteiger partial charge is 0.325 e. The molecule has 1 aliphatic rings. The minimum absolute atomic E-state index is 0.0406. The second kappa shape index (κ2) is 8.15. The van der Waals surface area contributed by atoms with Crippen LogP contribution in [0.2, 0.25) is 0 Å². The molecule has 2 amide bonds. The van der Waals surface area contributed by atoms with Crippen molar-refractivity contribution in [2.45, 2.75) is 25.8 Å². The van der Waals surface area contributed by atoms with Gasteiger partial charge in [-0.25, -0.2) is 0 Å². The van der Waals surface area contributed by atoms with E-state index in [0.29, 0.717) is 12.8 Å². The van der Waals surface area contributed by atoms with Crippen LogP contribution in [0.5, 0.6) is 0 Å². The topological polar surface area (TPSA) is 52.7 Å². The lowest BCUT2D eigenvalue weighted by molar-refractivity contribution is -0.117. The fraction of sp³-hybridized carbons (Fsp3) is 0.333. The summed E-state index contributed by atoms with van der Waals surface area (Å²) in [5.74, 6) is 0.134. The molecular formula is C21H25N3O2. The van der Waals surface area contributed by atoms with Gasteiger partial charge in [0, 0.05) is 30.9 Å². The molecule has 0 saturated carbocycles. The summed E-state index contributed by atoms with van der Waals surface area (Å²) < 4.78 is 0. The third-order valence-electron chi connectivity index (χ3n) is 4.46. The lowest BCUT2D eigenvalue weighted by Gasteiger charge is -2.16. The van der Waals surface area contributed by atoms with E-state index in [2.05, 4.69) is 10.2 Å². The Labute approximate surface area is 154 Å². The zero-order valence-corrected chi connectivity index (χ0v) is 15.4. The fourth-order valence-electron chi connectivity index (χ4n) is 3.22. The molecule has 2 aromatic rings. The number of nitrogens with zero attached hydrogens (tertiary/aromatic N) is 2. The molecule has 1 saturated heterocycles. The van der Waals surface area contributed by atoms with Crippen LogP contribution in [0.1, 0.15) is 24.0 Å². The average molecular weight is 351 g/mol. The Morgan fingerprint density at radius 2 is 1.85 bits per heavy atom. The molecule has 2 aromatic carbocycles. The number of carbonyl (C=O) groups excluding carboxylic acids is 2. The maximum absolute atomic E-state index is 12.4. The van der Waals surface area contributed by atoms with E-state index in [1.807, 2.05) is 62.6 Å². The van der Waals surface area contributed by atoms with E-state index in [1.165, 1.54) is 0 Å². The zero-order valence-electron chi connectivity index (χ0n) is 15.4. The van der Waals surface area contributed by atoms with E-state index in [-0.39, 0.29) is 11.8 Å². The maximum atomic E-state index is 12.4. The normalized spacial score (nSPS) is 14.1. The van der Waals surface area contributed by atoms with Gasteiger partial charge in [-0.3, -0.25) is 9.59 Å². The Hall–Kier alpha value is -2.66. The highest BCUT2D eigenvalue weighted by atomic mass is 16.2. The van der Waals surface area contributed by atoms with Crippen molar-refractivity contribution in [1.82, 2.24) is 4.90 Å². The second-order valence-corrected chi connectivity index (χ2v) is 6.94. The van der Waals surface area contributed by atoms with Crippen molar-refractivity contribution in [3.8, 4) is 0 Å².